The maximum absolute atomic E-state index is 10.9. The minimum Gasteiger partial charge on any atom is -0.317 e. The average Bonchev–Trinajstić information content (AvgIpc) is 2.83. The lowest BCUT2D eigenvalue weighted by Crippen LogP contribution is -2.27. The molecule has 2 aromatic rings. The molecule has 17 heavy (non-hydrogen) atoms. The summed E-state index contributed by atoms with van der Waals surface area (Å²) in [7, 11) is 0. The molecule has 0 saturated carbocycles. The van der Waals surface area contributed by atoms with E-state index in [1.165, 1.54) is 0 Å². The van der Waals surface area contributed by atoms with Crippen LogP contribution in [0.4, 0.5) is 0 Å². The van der Waals surface area contributed by atoms with Crippen LogP contribution in [0.15, 0.2) is 18.2 Å². The molecule has 1 aliphatic rings. The van der Waals surface area contributed by atoms with E-state index in [2.05, 4.69) is 15.4 Å². The molecule has 5 heteroatoms. The fraction of sp³-hybridized carbons (Fsp3) is 0.417. The van der Waals surface area contributed by atoms with Crippen molar-refractivity contribution in [3.8, 4) is 0 Å². The highest BCUT2D eigenvalue weighted by atomic mass is 16.1. The summed E-state index contributed by atoms with van der Waals surface area (Å²) in [6, 6.07) is 5.46. The Kier molecular flexibility index (Phi) is 2.60. The van der Waals surface area contributed by atoms with Crippen LogP contribution in [0.5, 0.6) is 0 Å². The monoisotopic (exact) mass is 230 g/mol. The number of nitrogens with one attached hydrogen (secondary N) is 1. The Balaban J connectivity index is 2.03. The van der Waals surface area contributed by atoms with Gasteiger partial charge in [0.1, 0.15) is 5.69 Å². The SMILES string of the molecule is O=Cc1cccc2nc(C3CCNCC3)nn12. The Morgan fingerprint density at radius 2 is 2.18 bits per heavy atom. The third-order valence-electron chi connectivity index (χ3n) is 3.23. The van der Waals surface area contributed by atoms with Crippen LogP contribution < -0.4 is 5.32 Å². The number of aldehydes is 1. The molecular formula is C12H14N4O. The third-order valence-corrected chi connectivity index (χ3v) is 3.23. The number of hydrogen-bond donors (Lipinski definition) is 1. The number of piperidine rings is 1. The van der Waals surface area contributed by atoms with Crippen LogP contribution in [0.2, 0.25) is 0 Å². The van der Waals surface area contributed by atoms with Gasteiger partial charge in [-0.2, -0.15) is 5.10 Å². The molecule has 5 nitrogen and oxygen atoms in total. The molecule has 1 fully saturated rings. The molecule has 0 amide bonds. The summed E-state index contributed by atoms with van der Waals surface area (Å²) < 4.78 is 1.63. The number of rotatable bonds is 2. The van der Waals surface area contributed by atoms with Gasteiger partial charge in [0.2, 0.25) is 0 Å². The van der Waals surface area contributed by atoms with Crippen molar-refractivity contribution in [1.29, 1.82) is 0 Å². The van der Waals surface area contributed by atoms with Gasteiger partial charge in [-0.3, -0.25) is 4.79 Å². The van der Waals surface area contributed by atoms with Crippen LogP contribution in [-0.4, -0.2) is 34.0 Å². The van der Waals surface area contributed by atoms with Crippen molar-refractivity contribution >= 4 is 11.9 Å². The van der Waals surface area contributed by atoms with Crippen molar-refractivity contribution in [2.45, 2.75) is 18.8 Å². The Morgan fingerprint density at radius 1 is 1.35 bits per heavy atom. The van der Waals surface area contributed by atoms with Crippen LogP contribution in [-0.2, 0) is 0 Å². The highest BCUT2D eigenvalue weighted by Gasteiger charge is 2.20. The zero-order valence-corrected chi connectivity index (χ0v) is 9.47. The number of pyridine rings is 1. The van der Waals surface area contributed by atoms with Gasteiger partial charge in [0.05, 0.1) is 0 Å². The minimum absolute atomic E-state index is 0.413. The highest BCUT2D eigenvalue weighted by molar-refractivity contribution is 5.73. The van der Waals surface area contributed by atoms with Gasteiger partial charge >= 0.3 is 0 Å². The topological polar surface area (TPSA) is 59.3 Å². The smallest absolute Gasteiger partial charge is 0.168 e. The molecular weight excluding hydrogens is 216 g/mol. The number of aromatic nitrogens is 3. The van der Waals surface area contributed by atoms with Gasteiger partial charge in [-0.25, -0.2) is 9.50 Å². The van der Waals surface area contributed by atoms with E-state index in [1.54, 1.807) is 10.6 Å². The van der Waals surface area contributed by atoms with Crippen LogP contribution in [0.25, 0.3) is 5.65 Å². The van der Waals surface area contributed by atoms with Crippen LogP contribution in [0, 0.1) is 0 Å². The first-order valence-corrected chi connectivity index (χ1v) is 5.90. The van der Waals surface area contributed by atoms with Gasteiger partial charge in [-0.15, -0.1) is 0 Å². The summed E-state index contributed by atoms with van der Waals surface area (Å²) in [4.78, 5) is 15.4. The molecule has 0 spiro atoms. The number of hydrogen-bond acceptors (Lipinski definition) is 4. The van der Waals surface area contributed by atoms with Gasteiger partial charge in [-0.05, 0) is 38.1 Å². The van der Waals surface area contributed by atoms with Gasteiger partial charge in [0.25, 0.3) is 0 Å². The van der Waals surface area contributed by atoms with Crippen molar-refractivity contribution in [1.82, 2.24) is 19.9 Å². The molecule has 0 aliphatic carbocycles. The van der Waals surface area contributed by atoms with E-state index in [0.717, 1.165) is 43.7 Å². The van der Waals surface area contributed by atoms with Crippen molar-refractivity contribution in [2.75, 3.05) is 13.1 Å². The zero-order valence-electron chi connectivity index (χ0n) is 9.47. The van der Waals surface area contributed by atoms with Crippen molar-refractivity contribution in [3.63, 3.8) is 0 Å². The normalized spacial score (nSPS) is 17.4. The molecule has 3 heterocycles. The summed E-state index contributed by atoms with van der Waals surface area (Å²) in [5.74, 6) is 1.27. The van der Waals surface area contributed by atoms with E-state index >= 15 is 0 Å². The van der Waals surface area contributed by atoms with Crippen LogP contribution in [0.3, 0.4) is 0 Å². The first kappa shape index (κ1) is 10.4. The second-order valence-corrected chi connectivity index (χ2v) is 4.33. The fourth-order valence-electron chi connectivity index (χ4n) is 2.28. The Labute approximate surface area is 98.9 Å². The Morgan fingerprint density at radius 3 is 2.94 bits per heavy atom. The minimum atomic E-state index is 0.413. The average molecular weight is 230 g/mol. The second-order valence-electron chi connectivity index (χ2n) is 4.33. The summed E-state index contributed by atoms with van der Waals surface area (Å²) >= 11 is 0. The molecule has 88 valence electrons. The number of carbonyl (C=O) groups excluding carboxylic acids is 1. The lowest BCUT2D eigenvalue weighted by atomic mass is 9.98. The molecule has 1 N–H and O–H groups in total. The van der Waals surface area contributed by atoms with E-state index < -0.39 is 0 Å². The number of fused-ring (bicyclic) bond motifs is 1. The maximum Gasteiger partial charge on any atom is 0.168 e. The van der Waals surface area contributed by atoms with Gasteiger partial charge in [-0.1, -0.05) is 6.07 Å². The van der Waals surface area contributed by atoms with Crippen LogP contribution in [0.1, 0.15) is 35.1 Å². The molecule has 0 unspecified atom stereocenters. The Hall–Kier alpha value is -1.75. The largest absolute Gasteiger partial charge is 0.317 e. The second kappa shape index (κ2) is 4.25. The van der Waals surface area contributed by atoms with Crippen molar-refractivity contribution in [3.05, 3.63) is 29.7 Å². The lowest BCUT2D eigenvalue weighted by Gasteiger charge is -2.19. The predicted molar refractivity (Wildman–Crippen MR) is 63.2 cm³/mol. The molecule has 0 radical (unpaired) electrons. The molecule has 0 atom stereocenters. The standard InChI is InChI=1S/C12H14N4O/c17-8-10-2-1-3-11-14-12(15-16(10)11)9-4-6-13-7-5-9/h1-3,8-9,13H,4-7H2. The van der Waals surface area contributed by atoms with E-state index in [0.29, 0.717) is 11.6 Å². The first-order chi connectivity index (χ1) is 8.38. The van der Waals surface area contributed by atoms with E-state index in [-0.39, 0.29) is 0 Å². The number of nitrogens with zero attached hydrogens (tertiary/aromatic N) is 3. The first-order valence-electron chi connectivity index (χ1n) is 5.90. The van der Waals surface area contributed by atoms with E-state index in [4.69, 9.17) is 0 Å². The zero-order chi connectivity index (χ0) is 11.7. The quantitative estimate of drug-likeness (QED) is 0.782. The molecule has 1 aliphatic heterocycles. The molecule has 0 aromatic carbocycles. The number of carbonyl (C=O) groups is 1. The summed E-state index contributed by atoms with van der Waals surface area (Å²) in [5.41, 5.74) is 1.30. The highest BCUT2D eigenvalue weighted by Crippen LogP contribution is 2.22. The molecule has 1 saturated heterocycles. The predicted octanol–water partition coefficient (Wildman–Crippen LogP) is 1.01. The van der Waals surface area contributed by atoms with Gasteiger partial charge < -0.3 is 5.32 Å². The lowest BCUT2D eigenvalue weighted by molar-refractivity contribution is 0.111. The van der Waals surface area contributed by atoms with Crippen molar-refractivity contribution < 1.29 is 4.79 Å². The van der Waals surface area contributed by atoms with Crippen molar-refractivity contribution in [2.24, 2.45) is 0 Å². The maximum atomic E-state index is 10.9. The molecule has 2 aromatic heterocycles. The summed E-state index contributed by atoms with van der Waals surface area (Å²) in [5, 5.41) is 7.78. The molecule has 3 rings (SSSR count). The van der Waals surface area contributed by atoms with E-state index in [1.807, 2.05) is 12.1 Å². The van der Waals surface area contributed by atoms with Gasteiger partial charge in [0.15, 0.2) is 17.8 Å². The fourth-order valence-corrected chi connectivity index (χ4v) is 2.28. The van der Waals surface area contributed by atoms with Gasteiger partial charge in [0, 0.05) is 5.92 Å². The summed E-state index contributed by atoms with van der Waals surface area (Å²) in [6.07, 6.45) is 2.94. The van der Waals surface area contributed by atoms with Crippen LogP contribution >= 0.6 is 0 Å². The summed E-state index contributed by atoms with van der Waals surface area (Å²) in [6.45, 7) is 2.03. The third kappa shape index (κ3) is 1.82. The Bertz CT molecular complexity index is 542. The molecule has 0 bridgehead atoms. The van der Waals surface area contributed by atoms with E-state index in [9.17, 15) is 4.79 Å².